The molecule has 0 amide bonds. The first-order valence-electron chi connectivity index (χ1n) is 4.59. The number of nitrogens with zero attached hydrogens (tertiary/aromatic N) is 1. The molecule has 2 heteroatoms. The normalized spacial score (nSPS) is 51.5. The molecule has 2 aliphatic heterocycles. The summed E-state index contributed by atoms with van der Waals surface area (Å²) in [6.07, 6.45) is 2.46. The van der Waals surface area contributed by atoms with Gasteiger partial charge in [-0.2, -0.15) is 0 Å². The van der Waals surface area contributed by atoms with Gasteiger partial charge in [-0.1, -0.05) is 6.92 Å². The summed E-state index contributed by atoms with van der Waals surface area (Å²) < 4.78 is 0. The second-order valence-electron chi connectivity index (χ2n) is 4.28. The zero-order chi connectivity index (χ0) is 8.06. The molecule has 11 heavy (non-hydrogen) atoms. The highest BCUT2D eigenvalue weighted by Crippen LogP contribution is 2.39. The average Bonchev–Trinajstić information content (AvgIpc) is 2.41. The van der Waals surface area contributed by atoms with Crippen molar-refractivity contribution >= 4 is 0 Å². The van der Waals surface area contributed by atoms with E-state index in [2.05, 4.69) is 11.8 Å². The summed E-state index contributed by atoms with van der Waals surface area (Å²) in [6.45, 7) is 6.44. The van der Waals surface area contributed by atoms with Crippen LogP contribution < -0.4 is 0 Å². The van der Waals surface area contributed by atoms with Crippen LogP contribution in [0.3, 0.4) is 0 Å². The first-order valence-corrected chi connectivity index (χ1v) is 4.59. The summed E-state index contributed by atoms with van der Waals surface area (Å²) in [5.41, 5.74) is -0.420. The van der Waals surface area contributed by atoms with Crippen LogP contribution in [0.5, 0.6) is 0 Å². The predicted octanol–water partition coefficient (Wildman–Crippen LogP) is 0.851. The Morgan fingerprint density at radius 3 is 2.91 bits per heavy atom. The van der Waals surface area contributed by atoms with Crippen molar-refractivity contribution in [1.82, 2.24) is 4.90 Å². The van der Waals surface area contributed by atoms with Gasteiger partial charge in [0.05, 0.1) is 5.60 Å². The SMILES string of the molecule is C[C@H]1CN2CCC[C@H]2[C@]1(C)O. The predicted molar refractivity (Wildman–Crippen MR) is 44.4 cm³/mol. The standard InChI is InChI=1S/C9H17NO/c1-7-6-10-5-3-4-8(10)9(7,2)11/h7-8,11H,3-6H2,1-2H3/t7-,8-,9+/m0/s1. The minimum absolute atomic E-state index is 0.420. The number of fused-ring (bicyclic) bond motifs is 1. The molecule has 2 rings (SSSR count). The van der Waals surface area contributed by atoms with Crippen molar-refractivity contribution in [3.63, 3.8) is 0 Å². The maximum absolute atomic E-state index is 10.1. The number of hydrogen-bond donors (Lipinski definition) is 1. The minimum Gasteiger partial charge on any atom is -0.388 e. The Hall–Kier alpha value is -0.0800. The Labute approximate surface area is 68.2 Å². The third-order valence-corrected chi connectivity index (χ3v) is 3.54. The fourth-order valence-corrected chi connectivity index (χ4v) is 2.57. The van der Waals surface area contributed by atoms with Gasteiger partial charge in [0.2, 0.25) is 0 Å². The molecule has 0 bridgehead atoms. The molecule has 0 radical (unpaired) electrons. The molecular formula is C9H17NO. The molecule has 1 N–H and O–H groups in total. The zero-order valence-corrected chi connectivity index (χ0v) is 7.38. The lowest BCUT2D eigenvalue weighted by Gasteiger charge is -2.28. The summed E-state index contributed by atoms with van der Waals surface area (Å²) in [4.78, 5) is 2.44. The average molecular weight is 155 g/mol. The monoisotopic (exact) mass is 155 g/mol. The van der Waals surface area contributed by atoms with Gasteiger partial charge < -0.3 is 5.11 Å². The molecule has 0 aliphatic carbocycles. The summed E-state index contributed by atoms with van der Waals surface area (Å²) in [5.74, 6) is 0.452. The summed E-state index contributed by atoms with van der Waals surface area (Å²) in [5, 5.41) is 10.1. The molecule has 0 unspecified atom stereocenters. The highest BCUT2D eigenvalue weighted by atomic mass is 16.3. The molecule has 0 aromatic heterocycles. The van der Waals surface area contributed by atoms with E-state index >= 15 is 0 Å². The van der Waals surface area contributed by atoms with Gasteiger partial charge in [-0.15, -0.1) is 0 Å². The van der Waals surface area contributed by atoms with Crippen molar-refractivity contribution in [2.75, 3.05) is 13.1 Å². The van der Waals surface area contributed by atoms with E-state index in [-0.39, 0.29) is 0 Å². The Bertz CT molecular complexity index is 167. The lowest BCUT2D eigenvalue weighted by Crippen LogP contribution is -2.41. The molecule has 2 nitrogen and oxygen atoms in total. The molecule has 3 atom stereocenters. The molecule has 2 aliphatic rings. The lowest BCUT2D eigenvalue weighted by atomic mass is 9.87. The lowest BCUT2D eigenvalue weighted by molar-refractivity contribution is 0.00380. The summed E-state index contributed by atoms with van der Waals surface area (Å²) in [6, 6.07) is 0.456. The van der Waals surface area contributed by atoms with Gasteiger partial charge in [-0.3, -0.25) is 4.90 Å². The van der Waals surface area contributed by atoms with E-state index in [4.69, 9.17) is 0 Å². The van der Waals surface area contributed by atoms with Crippen LogP contribution >= 0.6 is 0 Å². The molecule has 0 aromatic rings. The number of rotatable bonds is 0. The molecule has 2 saturated heterocycles. The van der Waals surface area contributed by atoms with Crippen LogP contribution in [-0.4, -0.2) is 34.7 Å². The van der Waals surface area contributed by atoms with Gasteiger partial charge in [0, 0.05) is 12.6 Å². The molecule has 0 aromatic carbocycles. The fourth-order valence-electron chi connectivity index (χ4n) is 2.57. The van der Waals surface area contributed by atoms with Gasteiger partial charge in [0.15, 0.2) is 0 Å². The van der Waals surface area contributed by atoms with Crippen LogP contribution in [0.25, 0.3) is 0 Å². The van der Waals surface area contributed by atoms with Gasteiger partial charge in [0.1, 0.15) is 0 Å². The summed E-state index contributed by atoms with van der Waals surface area (Å²) in [7, 11) is 0. The third kappa shape index (κ3) is 0.926. The van der Waals surface area contributed by atoms with E-state index in [9.17, 15) is 5.11 Å². The topological polar surface area (TPSA) is 23.5 Å². The summed E-state index contributed by atoms with van der Waals surface area (Å²) >= 11 is 0. The third-order valence-electron chi connectivity index (χ3n) is 3.54. The highest BCUT2D eigenvalue weighted by Gasteiger charge is 2.49. The Balaban J connectivity index is 2.20. The van der Waals surface area contributed by atoms with E-state index < -0.39 is 5.60 Å². The van der Waals surface area contributed by atoms with E-state index in [1.54, 1.807) is 0 Å². The van der Waals surface area contributed by atoms with Crippen LogP contribution in [0.4, 0.5) is 0 Å². The quantitative estimate of drug-likeness (QED) is 0.560. The maximum atomic E-state index is 10.1. The second-order valence-corrected chi connectivity index (χ2v) is 4.28. The van der Waals surface area contributed by atoms with Crippen LogP contribution in [0.2, 0.25) is 0 Å². The zero-order valence-electron chi connectivity index (χ0n) is 7.38. The van der Waals surface area contributed by atoms with E-state index in [1.807, 2.05) is 6.92 Å². The Morgan fingerprint density at radius 1 is 1.55 bits per heavy atom. The van der Waals surface area contributed by atoms with Gasteiger partial charge >= 0.3 is 0 Å². The minimum atomic E-state index is -0.420. The fraction of sp³-hybridized carbons (Fsp3) is 1.00. The van der Waals surface area contributed by atoms with Crippen LogP contribution in [0.15, 0.2) is 0 Å². The highest BCUT2D eigenvalue weighted by molar-refractivity contribution is 5.03. The van der Waals surface area contributed by atoms with Crippen molar-refractivity contribution < 1.29 is 5.11 Å². The smallest absolute Gasteiger partial charge is 0.0811 e. The number of hydrogen-bond acceptors (Lipinski definition) is 2. The van der Waals surface area contributed by atoms with E-state index in [0.29, 0.717) is 12.0 Å². The molecule has 64 valence electrons. The van der Waals surface area contributed by atoms with Gasteiger partial charge in [-0.25, -0.2) is 0 Å². The Kier molecular flexibility index (Phi) is 1.52. The molecule has 0 saturated carbocycles. The van der Waals surface area contributed by atoms with Crippen molar-refractivity contribution in [2.45, 2.75) is 38.3 Å². The maximum Gasteiger partial charge on any atom is 0.0811 e. The van der Waals surface area contributed by atoms with Crippen molar-refractivity contribution in [3.05, 3.63) is 0 Å². The van der Waals surface area contributed by atoms with Crippen molar-refractivity contribution in [2.24, 2.45) is 5.92 Å². The molecular weight excluding hydrogens is 138 g/mol. The van der Waals surface area contributed by atoms with Crippen LogP contribution in [0, 0.1) is 5.92 Å². The number of aliphatic hydroxyl groups is 1. The van der Waals surface area contributed by atoms with Gasteiger partial charge in [0.25, 0.3) is 0 Å². The largest absolute Gasteiger partial charge is 0.388 e. The van der Waals surface area contributed by atoms with Crippen LogP contribution in [0.1, 0.15) is 26.7 Å². The molecule has 0 spiro atoms. The van der Waals surface area contributed by atoms with Gasteiger partial charge in [-0.05, 0) is 32.2 Å². The van der Waals surface area contributed by atoms with Crippen LogP contribution in [-0.2, 0) is 0 Å². The Morgan fingerprint density at radius 2 is 2.27 bits per heavy atom. The van der Waals surface area contributed by atoms with Crippen molar-refractivity contribution in [1.29, 1.82) is 0 Å². The van der Waals surface area contributed by atoms with E-state index in [1.165, 1.54) is 19.4 Å². The van der Waals surface area contributed by atoms with E-state index in [0.717, 1.165) is 6.54 Å². The molecule has 2 fully saturated rings. The van der Waals surface area contributed by atoms with Crippen molar-refractivity contribution in [3.8, 4) is 0 Å². The second kappa shape index (κ2) is 2.20. The first kappa shape index (κ1) is 7.56. The molecule has 2 heterocycles. The first-order chi connectivity index (χ1) is 5.12.